The topological polar surface area (TPSA) is 28.7 Å². The summed E-state index contributed by atoms with van der Waals surface area (Å²) in [5, 5.41) is 1.16. The molecule has 2 rings (SSSR count). The minimum Gasteiger partial charge on any atom is -0.346 e. The van der Waals surface area contributed by atoms with Crippen LogP contribution in [0.3, 0.4) is 0 Å². The zero-order chi connectivity index (χ0) is 9.47. The van der Waals surface area contributed by atoms with Gasteiger partial charge < -0.3 is 4.98 Å². The van der Waals surface area contributed by atoms with E-state index >= 15 is 0 Å². The molecule has 0 aromatic carbocycles. The Morgan fingerprint density at radius 1 is 1.15 bits per heavy atom. The SMILES string of the molecule is C[N+](C)(C)c1ccc2cc[nH]c2n1. The van der Waals surface area contributed by atoms with Crippen molar-refractivity contribution in [3.63, 3.8) is 0 Å². The summed E-state index contributed by atoms with van der Waals surface area (Å²) in [6, 6.07) is 6.19. The molecule has 13 heavy (non-hydrogen) atoms. The highest BCUT2D eigenvalue weighted by atomic mass is 15.3. The van der Waals surface area contributed by atoms with E-state index in [9.17, 15) is 0 Å². The first kappa shape index (κ1) is 8.26. The fraction of sp³-hybridized carbons (Fsp3) is 0.300. The van der Waals surface area contributed by atoms with Crippen molar-refractivity contribution < 1.29 is 0 Å². The van der Waals surface area contributed by atoms with Crippen molar-refractivity contribution in [3.05, 3.63) is 24.4 Å². The van der Waals surface area contributed by atoms with Crippen molar-refractivity contribution in [1.82, 2.24) is 14.5 Å². The molecule has 0 atom stereocenters. The Hall–Kier alpha value is -1.35. The molecule has 0 saturated carbocycles. The van der Waals surface area contributed by atoms with Crippen molar-refractivity contribution in [2.75, 3.05) is 21.1 Å². The number of hydrogen-bond donors (Lipinski definition) is 1. The number of pyridine rings is 1. The minimum absolute atomic E-state index is 0.745. The number of quaternary nitrogens is 1. The Labute approximate surface area is 77.6 Å². The lowest BCUT2D eigenvalue weighted by Gasteiger charge is -2.21. The lowest BCUT2D eigenvalue weighted by Crippen LogP contribution is -2.35. The van der Waals surface area contributed by atoms with Crippen LogP contribution in [0.2, 0.25) is 0 Å². The second-order valence-corrected chi connectivity index (χ2v) is 4.10. The van der Waals surface area contributed by atoms with Crippen molar-refractivity contribution in [2.45, 2.75) is 0 Å². The summed E-state index contributed by atoms with van der Waals surface area (Å²) in [7, 11) is 6.32. The van der Waals surface area contributed by atoms with Crippen LogP contribution in [0.25, 0.3) is 11.0 Å². The lowest BCUT2D eigenvalue weighted by molar-refractivity contribution is 0.474. The van der Waals surface area contributed by atoms with Crippen LogP contribution in [0.15, 0.2) is 24.4 Å². The van der Waals surface area contributed by atoms with Crippen molar-refractivity contribution in [1.29, 1.82) is 0 Å². The zero-order valence-corrected chi connectivity index (χ0v) is 8.20. The molecule has 68 valence electrons. The van der Waals surface area contributed by atoms with Gasteiger partial charge in [-0.3, -0.25) is 4.48 Å². The highest BCUT2D eigenvalue weighted by Crippen LogP contribution is 2.17. The van der Waals surface area contributed by atoms with Crippen LogP contribution in [-0.4, -0.2) is 31.1 Å². The van der Waals surface area contributed by atoms with Gasteiger partial charge in [-0.15, -0.1) is 0 Å². The van der Waals surface area contributed by atoms with Gasteiger partial charge in [0, 0.05) is 17.6 Å². The highest BCUT2D eigenvalue weighted by molar-refractivity contribution is 5.76. The van der Waals surface area contributed by atoms with Gasteiger partial charge in [-0.2, -0.15) is 4.98 Å². The van der Waals surface area contributed by atoms with Crippen LogP contribution in [0.1, 0.15) is 0 Å². The third-order valence-electron chi connectivity index (χ3n) is 2.08. The molecule has 1 N–H and O–H groups in total. The molecular formula is C10H14N3+. The van der Waals surface area contributed by atoms with Gasteiger partial charge in [0.25, 0.3) is 0 Å². The van der Waals surface area contributed by atoms with Crippen molar-refractivity contribution in [3.8, 4) is 0 Å². The Kier molecular flexibility index (Phi) is 1.63. The van der Waals surface area contributed by atoms with Gasteiger partial charge in [0.05, 0.1) is 21.1 Å². The average molecular weight is 176 g/mol. The predicted octanol–water partition coefficient (Wildman–Crippen LogP) is 1.76. The molecule has 0 aliphatic carbocycles. The first-order valence-corrected chi connectivity index (χ1v) is 4.33. The van der Waals surface area contributed by atoms with Crippen LogP contribution in [0.4, 0.5) is 5.82 Å². The number of aromatic amines is 1. The lowest BCUT2D eigenvalue weighted by atomic mass is 10.3. The molecule has 0 bridgehead atoms. The predicted molar refractivity (Wildman–Crippen MR) is 55.7 cm³/mol. The molecule has 2 aromatic heterocycles. The van der Waals surface area contributed by atoms with E-state index < -0.39 is 0 Å². The third kappa shape index (κ3) is 1.42. The number of aromatic nitrogens is 2. The summed E-state index contributed by atoms with van der Waals surface area (Å²) in [6.45, 7) is 0. The molecule has 3 heteroatoms. The molecule has 2 heterocycles. The second kappa shape index (κ2) is 2.57. The molecule has 0 amide bonds. The number of nitrogens with one attached hydrogen (secondary N) is 1. The number of nitrogens with zero attached hydrogens (tertiary/aromatic N) is 2. The largest absolute Gasteiger partial charge is 0.346 e. The molecule has 0 aliphatic rings. The smallest absolute Gasteiger partial charge is 0.228 e. The van der Waals surface area contributed by atoms with Crippen LogP contribution < -0.4 is 4.48 Å². The quantitative estimate of drug-likeness (QED) is 0.659. The van der Waals surface area contributed by atoms with Gasteiger partial charge in [-0.25, -0.2) is 0 Å². The summed E-state index contributed by atoms with van der Waals surface area (Å²) in [4.78, 5) is 7.63. The standard InChI is InChI=1S/C10H14N3/c1-13(2,3)9-5-4-8-6-7-11-10(8)12-9/h4-7H,1-3H3,(H,11,12)/q+1. The summed E-state index contributed by atoms with van der Waals surface area (Å²) in [5.41, 5.74) is 0.963. The van der Waals surface area contributed by atoms with E-state index in [0.29, 0.717) is 0 Å². The van der Waals surface area contributed by atoms with E-state index in [1.807, 2.05) is 12.3 Å². The van der Waals surface area contributed by atoms with Gasteiger partial charge in [0.2, 0.25) is 5.82 Å². The molecule has 0 radical (unpaired) electrons. The Balaban J connectivity index is 2.61. The summed E-state index contributed by atoms with van der Waals surface area (Å²) < 4.78 is 0.745. The second-order valence-electron chi connectivity index (χ2n) is 4.10. The van der Waals surface area contributed by atoms with Gasteiger partial charge in [0.15, 0.2) is 0 Å². The van der Waals surface area contributed by atoms with Gasteiger partial charge in [-0.05, 0) is 12.1 Å². The Morgan fingerprint density at radius 2 is 1.92 bits per heavy atom. The van der Waals surface area contributed by atoms with Crippen LogP contribution in [-0.2, 0) is 0 Å². The normalized spacial score (nSPS) is 12.2. The maximum Gasteiger partial charge on any atom is 0.228 e. The Bertz CT molecular complexity index is 423. The average Bonchev–Trinajstić information content (AvgIpc) is 2.47. The summed E-state index contributed by atoms with van der Waals surface area (Å²) in [6.07, 6.45) is 1.91. The van der Waals surface area contributed by atoms with Gasteiger partial charge in [0.1, 0.15) is 5.65 Å². The highest BCUT2D eigenvalue weighted by Gasteiger charge is 2.13. The van der Waals surface area contributed by atoms with Crippen LogP contribution >= 0.6 is 0 Å². The number of H-pyrrole nitrogens is 1. The molecular weight excluding hydrogens is 162 g/mol. The Morgan fingerprint density at radius 3 is 2.62 bits per heavy atom. The van der Waals surface area contributed by atoms with E-state index in [0.717, 1.165) is 21.3 Å². The molecule has 0 saturated heterocycles. The van der Waals surface area contributed by atoms with E-state index in [-0.39, 0.29) is 0 Å². The van der Waals surface area contributed by atoms with E-state index in [4.69, 9.17) is 0 Å². The third-order valence-corrected chi connectivity index (χ3v) is 2.08. The van der Waals surface area contributed by atoms with Crippen molar-refractivity contribution in [2.24, 2.45) is 0 Å². The van der Waals surface area contributed by atoms with Crippen LogP contribution in [0, 0.1) is 0 Å². The first-order chi connectivity index (χ1) is 6.07. The molecule has 0 unspecified atom stereocenters. The maximum atomic E-state index is 4.52. The molecule has 2 aromatic rings. The monoisotopic (exact) mass is 176 g/mol. The zero-order valence-electron chi connectivity index (χ0n) is 8.20. The minimum atomic E-state index is 0.745. The molecule has 3 nitrogen and oxygen atoms in total. The number of rotatable bonds is 1. The van der Waals surface area contributed by atoms with Crippen LogP contribution in [0.5, 0.6) is 0 Å². The van der Waals surface area contributed by atoms with Gasteiger partial charge in [-0.1, -0.05) is 0 Å². The number of hydrogen-bond acceptors (Lipinski definition) is 1. The van der Waals surface area contributed by atoms with E-state index in [2.05, 4.69) is 43.2 Å². The summed E-state index contributed by atoms with van der Waals surface area (Å²) >= 11 is 0. The van der Waals surface area contributed by atoms with Crippen molar-refractivity contribution >= 4 is 16.9 Å². The molecule has 0 aliphatic heterocycles. The number of fused-ring (bicyclic) bond motifs is 1. The molecule has 0 spiro atoms. The molecule has 0 fully saturated rings. The maximum absolute atomic E-state index is 4.52. The van der Waals surface area contributed by atoms with Gasteiger partial charge >= 0.3 is 0 Å². The van der Waals surface area contributed by atoms with E-state index in [1.165, 1.54) is 0 Å². The first-order valence-electron chi connectivity index (χ1n) is 4.33. The fourth-order valence-electron chi connectivity index (χ4n) is 1.29. The van der Waals surface area contributed by atoms with E-state index in [1.54, 1.807) is 0 Å². The fourth-order valence-corrected chi connectivity index (χ4v) is 1.29. The summed E-state index contributed by atoms with van der Waals surface area (Å²) in [5.74, 6) is 1.06.